The molecule has 2 nitrogen and oxygen atoms in total. The third-order valence-corrected chi connectivity index (χ3v) is 7.21. The lowest BCUT2D eigenvalue weighted by Crippen LogP contribution is -2.28. The Hall–Kier alpha value is -4.04. The molecule has 2 heteroatoms. The molecule has 1 N–H and O–H groups in total. The summed E-state index contributed by atoms with van der Waals surface area (Å²) in [5.41, 5.74) is 14.2. The summed E-state index contributed by atoms with van der Waals surface area (Å²) in [5, 5.41) is 3.62. The fraction of sp³-hybridized carbons (Fsp3) is 0.152. The molecule has 1 unspecified atom stereocenters. The lowest BCUT2D eigenvalue weighted by atomic mass is 9.83. The van der Waals surface area contributed by atoms with Crippen LogP contribution in [-0.4, -0.2) is 11.4 Å². The van der Waals surface area contributed by atoms with Gasteiger partial charge in [-0.3, -0.25) is 0 Å². The van der Waals surface area contributed by atoms with Crippen LogP contribution in [0.5, 0.6) is 0 Å². The zero-order valence-electron chi connectivity index (χ0n) is 20.5. The maximum Gasteiger partial charge on any atom is 0.0707 e. The van der Waals surface area contributed by atoms with Crippen molar-refractivity contribution >= 4 is 16.8 Å². The summed E-state index contributed by atoms with van der Waals surface area (Å²) in [6.07, 6.45) is 13.3. The lowest BCUT2D eigenvalue weighted by molar-refractivity contribution is 0.536. The molecule has 172 valence electrons. The summed E-state index contributed by atoms with van der Waals surface area (Å²) in [7, 11) is 0. The second kappa shape index (κ2) is 8.63. The molecule has 3 aliphatic heterocycles. The van der Waals surface area contributed by atoms with Crippen molar-refractivity contribution in [3.05, 3.63) is 148 Å². The third kappa shape index (κ3) is 3.76. The number of dihydropyridines is 1. The second-order valence-corrected chi connectivity index (χ2v) is 9.66. The molecule has 0 saturated carbocycles. The van der Waals surface area contributed by atoms with Crippen LogP contribution in [0.2, 0.25) is 0 Å². The van der Waals surface area contributed by atoms with Gasteiger partial charge in [-0.1, -0.05) is 90.0 Å². The summed E-state index contributed by atoms with van der Waals surface area (Å²) in [5.74, 6) is 0. The maximum atomic E-state index is 3.62. The van der Waals surface area contributed by atoms with E-state index in [0.717, 1.165) is 6.54 Å². The van der Waals surface area contributed by atoms with Gasteiger partial charge < -0.3 is 10.2 Å². The number of hydrogen-bond acceptors (Lipinski definition) is 2. The molecule has 0 bridgehead atoms. The van der Waals surface area contributed by atoms with Crippen LogP contribution in [0.25, 0.3) is 16.8 Å². The molecule has 0 aromatic heterocycles. The van der Waals surface area contributed by atoms with Crippen LogP contribution < -0.4 is 5.32 Å². The standard InChI is InChI=1S/C33H30N2/c1-22-18-23(2)20-26(19-22)25-15-16-34-31(21-25)27-10-4-6-12-29(27)33-24(3)35-17-9-8-14-32(35)28-11-5-7-13-30(28)33/h4-16,18-21,31,34H,17H2,1-3H3. The molecule has 35 heavy (non-hydrogen) atoms. The highest BCUT2D eigenvalue weighted by atomic mass is 15.2. The predicted molar refractivity (Wildman–Crippen MR) is 147 cm³/mol. The van der Waals surface area contributed by atoms with Gasteiger partial charge in [0.1, 0.15) is 0 Å². The van der Waals surface area contributed by atoms with Crippen LogP contribution in [-0.2, 0) is 0 Å². The summed E-state index contributed by atoms with van der Waals surface area (Å²) in [6.45, 7) is 7.50. The molecule has 0 radical (unpaired) electrons. The van der Waals surface area contributed by atoms with Gasteiger partial charge in [-0.2, -0.15) is 0 Å². The Morgan fingerprint density at radius 1 is 0.829 bits per heavy atom. The fourth-order valence-electron chi connectivity index (χ4n) is 5.69. The Kier molecular flexibility index (Phi) is 5.30. The Labute approximate surface area is 208 Å². The van der Waals surface area contributed by atoms with Crippen molar-refractivity contribution in [2.24, 2.45) is 0 Å². The maximum absolute atomic E-state index is 3.62. The summed E-state index contributed by atoms with van der Waals surface area (Å²) in [6, 6.07) is 24.6. The van der Waals surface area contributed by atoms with Gasteiger partial charge in [-0.15, -0.1) is 0 Å². The molecule has 1 atom stereocenters. The van der Waals surface area contributed by atoms with Gasteiger partial charge in [0.15, 0.2) is 0 Å². The number of allylic oxidation sites excluding steroid dienone is 5. The first-order chi connectivity index (χ1) is 17.1. The largest absolute Gasteiger partial charge is 0.381 e. The highest BCUT2D eigenvalue weighted by molar-refractivity contribution is 5.94. The van der Waals surface area contributed by atoms with Gasteiger partial charge in [0, 0.05) is 29.1 Å². The molecule has 0 fully saturated rings. The SMILES string of the molecule is CC1=C(c2ccccc2C2C=C(c3cc(C)cc(C)c3)C=CN2)c2ccccc2C2=CC=CCN21. The van der Waals surface area contributed by atoms with E-state index in [1.54, 1.807) is 0 Å². The van der Waals surface area contributed by atoms with E-state index in [1.807, 2.05) is 0 Å². The molecule has 3 aromatic carbocycles. The minimum Gasteiger partial charge on any atom is -0.381 e. The Morgan fingerprint density at radius 2 is 1.54 bits per heavy atom. The topological polar surface area (TPSA) is 15.3 Å². The first-order valence-corrected chi connectivity index (χ1v) is 12.4. The molecule has 3 aromatic rings. The number of fused-ring (bicyclic) bond motifs is 3. The van der Waals surface area contributed by atoms with Crippen molar-refractivity contribution < 1.29 is 0 Å². The van der Waals surface area contributed by atoms with Crippen LogP contribution >= 0.6 is 0 Å². The number of hydrogen-bond donors (Lipinski definition) is 1. The number of aryl methyl sites for hydroxylation is 2. The van der Waals surface area contributed by atoms with E-state index in [-0.39, 0.29) is 6.04 Å². The Balaban J connectivity index is 1.49. The number of nitrogens with zero attached hydrogens (tertiary/aromatic N) is 1. The van der Waals surface area contributed by atoms with Gasteiger partial charge >= 0.3 is 0 Å². The zero-order chi connectivity index (χ0) is 23.9. The molecule has 3 aliphatic rings. The quantitative estimate of drug-likeness (QED) is 0.439. The first kappa shape index (κ1) is 21.5. The van der Waals surface area contributed by atoms with Crippen molar-refractivity contribution in [3.8, 4) is 0 Å². The third-order valence-electron chi connectivity index (χ3n) is 7.21. The highest BCUT2D eigenvalue weighted by Gasteiger charge is 2.29. The average Bonchev–Trinajstić information content (AvgIpc) is 2.89. The minimum absolute atomic E-state index is 0.0951. The van der Waals surface area contributed by atoms with E-state index in [4.69, 9.17) is 0 Å². The van der Waals surface area contributed by atoms with Crippen molar-refractivity contribution in [3.63, 3.8) is 0 Å². The van der Waals surface area contributed by atoms with Crippen molar-refractivity contribution in [1.29, 1.82) is 0 Å². The molecule has 0 amide bonds. The molecule has 0 saturated heterocycles. The van der Waals surface area contributed by atoms with Crippen LogP contribution in [0.3, 0.4) is 0 Å². The molecular weight excluding hydrogens is 424 g/mol. The molecular formula is C33H30N2. The molecule has 6 rings (SSSR count). The number of benzene rings is 3. The number of rotatable bonds is 3. The summed E-state index contributed by atoms with van der Waals surface area (Å²) < 4.78 is 0. The van der Waals surface area contributed by atoms with E-state index >= 15 is 0 Å². The zero-order valence-corrected chi connectivity index (χ0v) is 20.5. The van der Waals surface area contributed by atoms with Gasteiger partial charge in [-0.05, 0) is 73.0 Å². The van der Waals surface area contributed by atoms with Gasteiger partial charge in [-0.25, -0.2) is 0 Å². The fourth-order valence-corrected chi connectivity index (χ4v) is 5.69. The van der Waals surface area contributed by atoms with E-state index in [0.29, 0.717) is 0 Å². The Bertz CT molecular complexity index is 1460. The Morgan fingerprint density at radius 3 is 2.34 bits per heavy atom. The van der Waals surface area contributed by atoms with Crippen LogP contribution in [0.4, 0.5) is 0 Å². The normalized spacial score (nSPS) is 18.5. The smallest absolute Gasteiger partial charge is 0.0707 e. The molecule has 0 aliphatic carbocycles. The van der Waals surface area contributed by atoms with Gasteiger partial charge in [0.05, 0.1) is 6.04 Å². The predicted octanol–water partition coefficient (Wildman–Crippen LogP) is 7.55. The van der Waals surface area contributed by atoms with Crippen LogP contribution in [0.15, 0.2) is 109 Å². The van der Waals surface area contributed by atoms with Crippen molar-refractivity contribution in [1.82, 2.24) is 10.2 Å². The van der Waals surface area contributed by atoms with Gasteiger partial charge in [0.2, 0.25) is 0 Å². The van der Waals surface area contributed by atoms with E-state index in [9.17, 15) is 0 Å². The monoisotopic (exact) mass is 454 g/mol. The van der Waals surface area contributed by atoms with E-state index in [2.05, 4.69) is 134 Å². The van der Waals surface area contributed by atoms with Crippen molar-refractivity contribution in [2.45, 2.75) is 26.8 Å². The summed E-state index contributed by atoms with van der Waals surface area (Å²) in [4.78, 5) is 2.44. The van der Waals surface area contributed by atoms with Crippen molar-refractivity contribution in [2.75, 3.05) is 6.54 Å². The van der Waals surface area contributed by atoms with Crippen LogP contribution in [0, 0.1) is 13.8 Å². The number of nitrogens with one attached hydrogen (secondary N) is 1. The van der Waals surface area contributed by atoms with Gasteiger partial charge in [0.25, 0.3) is 0 Å². The van der Waals surface area contributed by atoms with E-state index in [1.165, 1.54) is 61.5 Å². The lowest BCUT2D eigenvalue weighted by Gasteiger charge is -2.37. The summed E-state index contributed by atoms with van der Waals surface area (Å²) >= 11 is 0. The highest BCUT2D eigenvalue weighted by Crippen LogP contribution is 2.44. The minimum atomic E-state index is 0.0951. The second-order valence-electron chi connectivity index (χ2n) is 9.66. The molecule has 0 spiro atoms. The molecule has 3 heterocycles. The first-order valence-electron chi connectivity index (χ1n) is 12.4. The van der Waals surface area contributed by atoms with Crippen LogP contribution in [0.1, 0.15) is 51.9 Å². The average molecular weight is 455 g/mol. The van der Waals surface area contributed by atoms with E-state index < -0.39 is 0 Å².